The normalized spacial score (nSPS) is 17.0. The molecule has 1 aliphatic rings. The van der Waals surface area contributed by atoms with E-state index < -0.39 is 0 Å². The van der Waals surface area contributed by atoms with Gasteiger partial charge in [-0.3, -0.25) is 9.78 Å². The summed E-state index contributed by atoms with van der Waals surface area (Å²) in [6, 6.07) is 10.8. The lowest BCUT2D eigenvalue weighted by Crippen LogP contribution is -2.44. The zero-order valence-corrected chi connectivity index (χ0v) is 18.0. The van der Waals surface area contributed by atoms with E-state index in [2.05, 4.69) is 48.0 Å². The maximum Gasteiger partial charge on any atom is 0.242 e. The molecule has 4 rings (SSSR count). The van der Waals surface area contributed by atoms with Crippen LogP contribution in [0.2, 0.25) is 0 Å². The monoisotopic (exact) mass is 408 g/mol. The number of benzene rings is 1. The Labute approximate surface area is 176 Å². The number of nitrogens with zero attached hydrogens (tertiary/aromatic N) is 4. The molecule has 152 valence electrons. The van der Waals surface area contributed by atoms with Crippen LogP contribution in [0, 0.1) is 6.92 Å². The Morgan fingerprint density at radius 1 is 1.28 bits per heavy atom. The van der Waals surface area contributed by atoms with Crippen LogP contribution in [0.5, 0.6) is 0 Å². The minimum Gasteiger partial charge on any atom is -0.338 e. The average molecular weight is 409 g/mol. The highest BCUT2D eigenvalue weighted by atomic mass is 32.2. The van der Waals surface area contributed by atoms with Gasteiger partial charge < -0.3 is 9.47 Å². The van der Waals surface area contributed by atoms with E-state index in [0.29, 0.717) is 12.6 Å². The summed E-state index contributed by atoms with van der Waals surface area (Å²) in [6.07, 6.45) is 8.03. The number of imidazole rings is 1. The van der Waals surface area contributed by atoms with Gasteiger partial charge in [0.25, 0.3) is 0 Å². The van der Waals surface area contributed by atoms with E-state index in [1.54, 1.807) is 18.0 Å². The predicted molar refractivity (Wildman–Crippen MR) is 118 cm³/mol. The van der Waals surface area contributed by atoms with Crippen LogP contribution < -0.4 is 0 Å². The van der Waals surface area contributed by atoms with Crippen molar-refractivity contribution in [1.82, 2.24) is 19.4 Å². The summed E-state index contributed by atoms with van der Waals surface area (Å²) in [4.78, 5) is 24.4. The smallest absolute Gasteiger partial charge is 0.242 e. The zero-order valence-electron chi connectivity index (χ0n) is 17.2. The van der Waals surface area contributed by atoms with E-state index in [1.165, 1.54) is 17.5 Å². The number of thioether (sulfide) groups is 1. The van der Waals surface area contributed by atoms with Crippen molar-refractivity contribution in [2.24, 2.45) is 0 Å². The van der Waals surface area contributed by atoms with Crippen LogP contribution >= 0.6 is 11.8 Å². The highest BCUT2D eigenvalue weighted by Crippen LogP contribution is 2.28. The molecular formula is C23H28N4OS. The Morgan fingerprint density at radius 3 is 3.00 bits per heavy atom. The number of carbonyl (C=O) groups excluding carboxylic acids is 1. The number of carbonyl (C=O) groups is 1. The number of pyridine rings is 1. The molecule has 1 amide bonds. The molecule has 0 unspecified atom stereocenters. The number of hydrogen-bond acceptors (Lipinski definition) is 4. The average Bonchev–Trinajstić information content (AvgIpc) is 3.09. The summed E-state index contributed by atoms with van der Waals surface area (Å²) >= 11 is 1.68. The molecule has 0 saturated carbocycles. The second-order valence-corrected chi connectivity index (χ2v) is 8.71. The minimum atomic E-state index is 0.192. The van der Waals surface area contributed by atoms with Gasteiger partial charge in [-0.25, -0.2) is 4.98 Å². The van der Waals surface area contributed by atoms with E-state index in [4.69, 9.17) is 4.98 Å². The first-order valence-corrected chi connectivity index (χ1v) is 11.4. The van der Waals surface area contributed by atoms with Crippen molar-refractivity contribution in [3.8, 4) is 0 Å². The first-order chi connectivity index (χ1) is 14.2. The largest absolute Gasteiger partial charge is 0.338 e. The van der Waals surface area contributed by atoms with Gasteiger partial charge in [-0.05, 0) is 44.2 Å². The van der Waals surface area contributed by atoms with E-state index in [9.17, 15) is 4.79 Å². The summed E-state index contributed by atoms with van der Waals surface area (Å²) in [5, 5.41) is 0.882. The van der Waals surface area contributed by atoms with Crippen LogP contribution in [0.15, 0.2) is 47.9 Å². The molecule has 0 bridgehead atoms. The van der Waals surface area contributed by atoms with E-state index >= 15 is 0 Å². The Bertz CT molecular complexity index is 999. The number of hydrogen-bond donors (Lipinski definition) is 0. The quantitative estimate of drug-likeness (QED) is 0.549. The Morgan fingerprint density at radius 2 is 2.17 bits per heavy atom. The number of piperidine rings is 1. The lowest BCUT2D eigenvalue weighted by atomic mass is 10.00. The van der Waals surface area contributed by atoms with Crippen molar-refractivity contribution in [3.05, 3.63) is 53.9 Å². The molecule has 0 aliphatic carbocycles. The van der Waals surface area contributed by atoms with Gasteiger partial charge in [0.15, 0.2) is 5.16 Å². The molecule has 1 aliphatic heterocycles. The van der Waals surface area contributed by atoms with Gasteiger partial charge in [0.05, 0.1) is 17.2 Å². The summed E-state index contributed by atoms with van der Waals surface area (Å²) in [5.74, 6) is 1.02. The molecule has 0 N–H and O–H groups in total. The maximum absolute atomic E-state index is 13.2. The first-order valence-electron chi connectivity index (χ1n) is 10.4. The summed E-state index contributed by atoms with van der Waals surface area (Å²) in [6.45, 7) is 5.48. The fraction of sp³-hybridized carbons (Fsp3) is 0.435. The SMILES string of the molecule is CC[C@@H]1CCCCN1C(=O)Cn1c(SCc2cccc(C)c2)nc2ccncc21. The van der Waals surface area contributed by atoms with Crippen LogP contribution in [-0.2, 0) is 17.1 Å². The van der Waals surface area contributed by atoms with Crippen LogP contribution in [0.4, 0.5) is 0 Å². The maximum atomic E-state index is 13.2. The van der Waals surface area contributed by atoms with Crippen molar-refractivity contribution in [2.75, 3.05) is 6.54 Å². The molecule has 6 heteroatoms. The molecule has 1 saturated heterocycles. The zero-order chi connectivity index (χ0) is 20.2. The van der Waals surface area contributed by atoms with Crippen LogP contribution in [0.25, 0.3) is 11.0 Å². The highest BCUT2D eigenvalue weighted by Gasteiger charge is 2.26. The molecule has 0 radical (unpaired) electrons. The summed E-state index contributed by atoms with van der Waals surface area (Å²) < 4.78 is 2.05. The third-order valence-electron chi connectivity index (χ3n) is 5.68. The minimum absolute atomic E-state index is 0.192. The van der Waals surface area contributed by atoms with Crippen LogP contribution in [0.3, 0.4) is 0 Å². The van der Waals surface area contributed by atoms with Crippen molar-refractivity contribution < 1.29 is 4.79 Å². The number of aromatic nitrogens is 3. The Kier molecular flexibility index (Phi) is 6.19. The van der Waals surface area contributed by atoms with Gasteiger partial charge in [0.1, 0.15) is 6.54 Å². The molecule has 1 aromatic carbocycles. The van der Waals surface area contributed by atoms with E-state index in [0.717, 1.165) is 47.7 Å². The van der Waals surface area contributed by atoms with Crippen molar-refractivity contribution >= 4 is 28.7 Å². The third kappa shape index (κ3) is 4.47. The van der Waals surface area contributed by atoms with Crippen molar-refractivity contribution in [2.45, 2.75) is 63.0 Å². The highest BCUT2D eigenvalue weighted by molar-refractivity contribution is 7.98. The molecule has 29 heavy (non-hydrogen) atoms. The summed E-state index contributed by atoms with van der Waals surface area (Å²) in [5.41, 5.74) is 4.34. The predicted octanol–water partition coefficient (Wildman–Crippen LogP) is 4.82. The van der Waals surface area contributed by atoms with Gasteiger partial charge in [0.2, 0.25) is 5.91 Å². The molecule has 1 fully saturated rings. The first kappa shape index (κ1) is 20.0. The van der Waals surface area contributed by atoms with Crippen LogP contribution in [-0.4, -0.2) is 37.9 Å². The lowest BCUT2D eigenvalue weighted by Gasteiger charge is -2.35. The van der Waals surface area contributed by atoms with Crippen LogP contribution in [0.1, 0.15) is 43.7 Å². The van der Waals surface area contributed by atoms with Crippen molar-refractivity contribution in [3.63, 3.8) is 0 Å². The molecular weight excluding hydrogens is 380 g/mol. The lowest BCUT2D eigenvalue weighted by molar-refractivity contribution is -0.135. The fourth-order valence-electron chi connectivity index (χ4n) is 4.14. The number of rotatable bonds is 6. The summed E-state index contributed by atoms with van der Waals surface area (Å²) in [7, 11) is 0. The van der Waals surface area contributed by atoms with Gasteiger partial charge in [-0.15, -0.1) is 0 Å². The number of aryl methyl sites for hydroxylation is 1. The molecule has 1 atom stereocenters. The van der Waals surface area contributed by atoms with Gasteiger partial charge in [-0.1, -0.05) is 48.5 Å². The second-order valence-electron chi connectivity index (χ2n) is 7.77. The van der Waals surface area contributed by atoms with Gasteiger partial charge >= 0.3 is 0 Å². The fourth-order valence-corrected chi connectivity index (χ4v) is 5.10. The van der Waals surface area contributed by atoms with Gasteiger partial charge in [0, 0.05) is 24.5 Å². The second kappa shape index (κ2) is 8.99. The molecule has 3 aromatic rings. The third-order valence-corrected chi connectivity index (χ3v) is 6.73. The molecule has 5 nitrogen and oxygen atoms in total. The van der Waals surface area contributed by atoms with Gasteiger partial charge in [-0.2, -0.15) is 0 Å². The van der Waals surface area contributed by atoms with E-state index in [1.807, 2.05) is 16.8 Å². The topological polar surface area (TPSA) is 51.0 Å². The van der Waals surface area contributed by atoms with E-state index in [-0.39, 0.29) is 5.91 Å². The number of fused-ring (bicyclic) bond motifs is 1. The Hall–Kier alpha value is -2.34. The molecule has 3 heterocycles. The number of amides is 1. The standard InChI is InChI=1S/C23H28N4OS/c1-3-19-9-4-5-12-26(19)22(28)15-27-21-14-24-11-10-20(21)25-23(27)29-16-18-8-6-7-17(2)13-18/h6-8,10-11,13-14,19H,3-5,9,12,15-16H2,1-2H3/t19-/m1/s1. The Balaban J connectivity index is 1.58. The molecule has 0 spiro atoms. The molecule has 2 aromatic heterocycles. The number of likely N-dealkylation sites (tertiary alicyclic amines) is 1. The van der Waals surface area contributed by atoms with Crippen molar-refractivity contribution in [1.29, 1.82) is 0 Å².